The van der Waals surface area contributed by atoms with Gasteiger partial charge in [0.2, 0.25) is 0 Å². The molecule has 1 fully saturated rings. The molecule has 0 aliphatic carbocycles. The Morgan fingerprint density at radius 3 is 3.06 bits per heavy atom. The van der Waals surface area contributed by atoms with Crippen LogP contribution in [0.1, 0.15) is 12.0 Å². The minimum absolute atomic E-state index is 0.180. The first-order chi connectivity index (χ1) is 7.69. The smallest absolute Gasteiger partial charge is 0.123 e. The van der Waals surface area contributed by atoms with Crippen molar-refractivity contribution in [1.29, 1.82) is 0 Å². The fourth-order valence-electron chi connectivity index (χ4n) is 2.04. The van der Waals surface area contributed by atoms with Crippen molar-refractivity contribution in [1.82, 2.24) is 4.90 Å². The number of halogens is 2. The number of hydrogen-bond acceptors (Lipinski definition) is 2. The Bertz CT molecular complexity index is 372. The predicted molar refractivity (Wildman–Crippen MR) is 64.8 cm³/mol. The first kappa shape index (κ1) is 12.0. The zero-order chi connectivity index (χ0) is 11.5. The summed E-state index contributed by atoms with van der Waals surface area (Å²) in [6, 6.07) is 4.81. The summed E-state index contributed by atoms with van der Waals surface area (Å²) in [7, 11) is 1.74. The Morgan fingerprint density at radius 1 is 1.56 bits per heavy atom. The summed E-state index contributed by atoms with van der Waals surface area (Å²) in [6.45, 7) is 2.72. The van der Waals surface area contributed by atoms with E-state index in [2.05, 4.69) is 20.8 Å². The normalized spacial score (nSPS) is 21.6. The summed E-state index contributed by atoms with van der Waals surface area (Å²) in [5, 5.41) is 0. The maximum atomic E-state index is 13.1. The molecule has 1 aliphatic rings. The maximum absolute atomic E-state index is 13.1. The Balaban J connectivity index is 2.01. The van der Waals surface area contributed by atoms with Crippen molar-refractivity contribution in [2.24, 2.45) is 0 Å². The highest BCUT2D eigenvalue weighted by atomic mass is 79.9. The maximum Gasteiger partial charge on any atom is 0.123 e. The minimum atomic E-state index is -0.180. The second kappa shape index (κ2) is 5.25. The first-order valence-corrected chi connectivity index (χ1v) is 6.17. The molecule has 1 heterocycles. The molecule has 0 amide bonds. The molecule has 1 saturated heterocycles. The molecule has 0 radical (unpaired) electrons. The van der Waals surface area contributed by atoms with Crippen molar-refractivity contribution < 1.29 is 9.13 Å². The number of nitrogens with zero attached hydrogens (tertiary/aromatic N) is 1. The van der Waals surface area contributed by atoms with E-state index in [0.717, 1.165) is 36.1 Å². The van der Waals surface area contributed by atoms with E-state index in [-0.39, 0.29) is 5.82 Å². The molecular formula is C12H15BrFNO. The van der Waals surface area contributed by atoms with Crippen LogP contribution >= 0.6 is 15.9 Å². The van der Waals surface area contributed by atoms with Crippen LogP contribution in [0.3, 0.4) is 0 Å². The molecule has 0 aromatic heterocycles. The molecule has 0 unspecified atom stereocenters. The zero-order valence-electron chi connectivity index (χ0n) is 9.25. The molecule has 4 heteroatoms. The van der Waals surface area contributed by atoms with E-state index >= 15 is 0 Å². The van der Waals surface area contributed by atoms with Gasteiger partial charge in [-0.1, -0.05) is 15.9 Å². The second-order valence-electron chi connectivity index (χ2n) is 4.12. The first-order valence-electron chi connectivity index (χ1n) is 5.38. The van der Waals surface area contributed by atoms with Gasteiger partial charge in [0.15, 0.2) is 0 Å². The highest BCUT2D eigenvalue weighted by Crippen LogP contribution is 2.22. The summed E-state index contributed by atoms with van der Waals surface area (Å²) < 4.78 is 19.4. The van der Waals surface area contributed by atoms with Gasteiger partial charge in [-0.05, 0) is 30.2 Å². The Morgan fingerprint density at radius 2 is 2.38 bits per heavy atom. The lowest BCUT2D eigenvalue weighted by Gasteiger charge is -2.16. The minimum Gasteiger partial charge on any atom is -0.380 e. The van der Waals surface area contributed by atoms with Crippen LogP contribution in [-0.2, 0) is 11.3 Å². The van der Waals surface area contributed by atoms with Crippen LogP contribution in [0, 0.1) is 5.82 Å². The summed E-state index contributed by atoms with van der Waals surface area (Å²) >= 11 is 3.45. The van der Waals surface area contributed by atoms with E-state index in [1.807, 2.05) is 0 Å². The molecule has 2 rings (SSSR count). The SMILES string of the molecule is CO[C@H]1CCN(Cc2cc(F)ccc2Br)C1. The van der Waals surface area contributed by atoms with Gasteiger partial charge < -0.3 is 4.74 Å². The van der Waals surface area contributed by atoms with Crippen LogP contribution in [0.15, 0.2) is 22.7 Å². The lowest BCUT2D eigenvalue weighted by Crippen LogP contribution is -2.22. The van der Waals surface area contributed by atoms with E-state index in [4.69, 9.17) is 4.74 Å². The number of likely N-dealkylation sites (tertiary alicyclic amines) is 1. The highest BCUT2D eigenvalue weighted by Gasteiger charge is 2.22. The molecular weight excluding hydrogens is 273 g/mol. The van der Waals surface area contributed by atoms with Crippen LogP contribution in [0.5, 0.6) is 0 Å². The molecule has 88 valence electrons. The van der Waals surface area contributed by atoms with E-state index in [1.54, 1.807) is 19.2 Å². The third-order valence-electron chi connectivity index (χ3n) is 2.96. The largest absolute Gasteiger partial charge is 0.380 e. The number of methoxy groups -OCH3 is 1. The summed E-state index contributed by atoms with van der Waals surface area (Å²) in [5.41, 5.74) is 0.997. The summed E-state index contributed by atoms with van der Waals surface area (Å²) in [4.78, 5) is 2.29. The lowest BCUT2D eigenvalue weighted by molar-refractivity contribution is 0.107. The van der Waals surface area contributed by atoms with Gasteiger partial charge in [0.1, 0.15) is 5.82 Å². The topological polar surface area (TPSA) is 12.5 Å². The number of benzene rings is 1. The van der Waals surface area contributed by atoms with E-state index < -0.39 is 0 Å². The van der Waals surface area contributed by atoms with Crippen molar-refractivity contribution in [3.8, 4) is 0 Å². The van der Waals surface area contributed by atoms with Gasteiger partial charge in [-0.15, -0.1) is 0 Å². The average molecular weight is 288 g/mol. The van der Waals surface area contributed by atoms with Gasteiger partial charge >= 0.3 is 0 Å². The molecule has 1 atom stereocenters. The van der Waals surface area contributed by atoms with Gasteiger partial charge in [0, 0.05) is 31.2 Å². The van der Waals surface area contributed by atoms with Gasteiger partial charge in [0.05, 0.1) is 6.10 Å². The molecule has 1 aromatic rings. The van der Waals surface area contributed by atoms with E-state index in [9.17, 15) is 4.39 Å². The van der Waals surface area contributed by atoms with Crippen molar-refractivity contribution in [3.63, 3.8) is 0 Å². The highest BCUT2D eigenvalue weighted by molar-refractivity contribution is 9.10. The fourth-order valence-corrected chi connectivity index (χ4v) is 2.41. The third-order valence-corrected chi connectivity index (χ3v) is 3.74. The van der Waals surface area contributed by atoms with Crippen molar-refractivity contribution >= 4 is 15.9 Å². The van der Waals surface area contributed by atoms with Crippen molar-refractivity contribution in [2.75, 3.05) is 20.2 Å². The van der Waals surface area contributed by atoms with Gasteiger partial charge in [-0.2, -0.15) is 0 Å². The van der Waals surface area contributed by atoms with Crippen LogP contribution < -0.4 is 0 Å². The molecule has 2 nitrogen and oxygen atoms in total. The molecule has 16 heavy (non-hydrogen) atoms. The Labute approximate surface area is 104 Å². The predicted octanol–water partition coefficient (Wildman–Crippen LogP) is 2.81. The average Bonchev–Trinajstić information content (AvgIpc) is 2.71. The second-order valence-corrected chi connectivity index (χ2v) is 4.97. The van der Waals surface area contributed by atoms with Crippen LogP contribution in [0.2, 0.25) is 0 Å². The van der Waals surface area contributed by atoms with Crippen LogP contribution in [0.25, 0.3) is 0 Å². The van der Waals surface area contributed by atoms with E-state index in [1.165, 1.54) is 6.07 Å². The molecule has 0 N–H and O–H groups in total. The number of rotatable bonds is 3. The van der Waals surface area contributed by atoms with Gasteiger partial charge in [0.25, 0.3) is 0 Å². The standard InChI is InChI=1S/C12H15BrFNO/c1-16-11-4-5-15(8-11)7-9-6-10(14)2-3-12(9)13/h2-3,6,11H,4-5,7-8H2,1H3/t11-/m0/s1. The van der Waals surface area contributed by atoms with Crippen molar-refractivity contribution in [2.45, 2.75) is 19.1 Å². The van der Waals surface area contributed by atoms with Crippen LogP contribution in [0.4, 0.5) is 4.39 Å². The monoisotopic (exact) mass is 287 g/mol. The van der Waals surface area contributed by atoms with E-state index in [0.29, 0.717) is 6.10 Å². The van der Waals surface area contributed by atoms with Crippen molar-refractivity contribution in [3.05, 3.63) is 34.1 Å². The third kappa shape index (κ3) is 2.81. The quantitative estimate of drug-likeness (QED) is 0.848. The zero-order valence-corrected chi connectivity index (χ0v) is 10.8. The number of hydrogen-bond donors (Lipinski definition) is 0. The Kier molecular flexibility index (Phi) is 3.95. The molecule has 0 bridgehead atoms. The number of ether oxygens (including phenoxy) is 1. The summed E-state index contributed by atoms with van der Waals surface area (Å²) in [5.74, 6) is -0.180. The molecule has 1 aromatic carbocycles. The van der Waals surface area contributed by atoms with Crippen LogP contribution in [-0.4, -0.2) is 31.2 Å². The lowest BCUT2D eigenvalue weighted by atomic mass is 10.2. The molecule has 0 spiro atoms. The van der Waals surface area contributed by atoms with Gasteiger partial charge in [-0.3, -0.25) is 4.90 Å². The molecule has 0 saturated carbocycles. The molecule has 1 aliphatic heterocycles. The summed E-state index contributed by atoms with van der Waals surface area (Å²) in [6.07, 6.45) is 1.39. The fraction of sp³-hybridized carbons (Fsp3) is 0.500. The van der Waals surface area contributed by atoms with Gasteiger partial charge in [-0.25, -0.2) is 4.39 Å². The Hall–Kier alpha value is -0.450.